The zero-order chi connectivity index (χ0) is 38.2. The number of ether oxygens (including phenoxy) is 7. The summed E-state index contributed by atoms with van der Waals surface area (Å²) in [7, 11) is 0. The average Bonchev–Trinajstić information content (AvgIpc) is 3.10. The van der Waals surface area contributed by atoms with Gasteiger partial charge in [0.2, 0.25) is 0 Å². The highest BCUT2D eigenvalue weighted by molar-refractivity contribution is 5.94. The molecule has 0 aromatic heterocycles. The lowest BCUT2D eigenvalue weighted by atomic mass is 10.0. The second-order valence-electron chi connectivity index (χ2n) is 12.3. The third kappa shape index (κ3) is 12.6. The topological polar surface area (TPSA) is 133 Å². The van der Waals surface area contributed by atoms with Crippen LogP contribution in [0.25, 0.3) is 0 Å². The van der Waals surface area contributed by atoms with Gasteiger partial charge in [0.25, 0.3) is 0 Å². The minimum Gasteiger partial charge on any atom is -0.493 e. The van der Waals surface area contributed by atoms with E-state index in [4.69, 9.17) is 33.2 Å². The van der Waals surface area contributed by atoms with Crippen LogP contribution in [0.4, 0.5) is 0 Å². The maximum Gasteiger partial charge on any atom is 0.343 e. The van der Waals surface area contributed by atoms with Crippen LogP contribution in [0.2, 0.25) is 0 Å². The number of hydrogen-bond donors (Lipinski definition) is 0. The van der Waals surface area contributed by atoms with Crippen LogP contribution >= 0.6 is 0 Å². The summed E-state index contributed by atoms with van der Waals surface area (Å²) in [4.78, 5) is 48.9. The summed E-state index contributed by atoms with van der Waals surface area (Å²) in [6.07, 6.45) is 4.63. The molecule has 0 fully saturated rings. The van der Waals surface area contributed by atoms with Crippen molar-refractivity contribution in [2.75, 3.05) is 26.4 Å². The number of unbranched alkanes of at least 4 members (excludes halogenated alkanes) is 2. The van der Waals surface area contributed by atoms with Crippen LogP contribution in [0.3, 0.4) is 0 Å². The fourth-order valence-electron chi connectivity index (χ4n) is 4.87. The molecule has 0 aliphatic carbocycles. The normalized spacial score (nSPS) is 10.6. The van der Waals surface area contributed by atoms with E-state index in [1.165, 1.54) is 18.2 Å². The molecule has 0 saturated carbocycles. The molecule has 0 spiro atoms. The Morgan fingerprint density at radius 2 is 1.04 bits per heavy atom. The van der Waals surface area contributed by atoms with Gasteiger partial charge in [0.15, 0.2) is 11.5 Å². The molecule has 0 unspecified atom stereocenters. The van der Waals surface area contributed by atoms with E-state index in [1.807, 2.05) is 27.7 Å². The lowest BCUT2D eigenvalue weighted by Gasteiger charge is -2.17. The van der Waals surface area contributed by atoms with E-state index in [9.17, 15) is 19.2 Å². The molecule has 3 rings (SSSR count). The van der Waals surface area contributed by atoms with Gasteiger partial charge >= 0.3 is 23.9 Å². The third-order valence-electron chi connectivity index (χ3n) is 7.59. The molecule has 11 heteroatoms. The highest BCUT2D eigenvalue weighted by Crippen LogP contribution is 2.35. The van der Waals surface area contributed by atoms with Crippen LogP contribution in [-0.2, 0) is 19.1 Å². The van der Waals surface area contributed by atoms with Crippen LogP contribution in [0.1, 0.15) is 82.5 Å². The van der Waals surface area contributed by atoms with E-state index >= 15 is 0 Å². The standard InChI is InChI=1S/C41H48O11/c1-9-38(42)48-19-13-11-17-46-35-23-27(5)32(21-29(35)7)40(44)51-31-15-16-34(37(25-31)50-26(3)4)52-41(45)33-22-30(8)36(24-28(33)6)47-18-12-14-20-49-39(43)10-2/h9-10,15-16,21-26H,1-2,11-14,17-20H2,3-8H3. The molecule has 3 aromatic rings. The predicted molar refractivity (Wildman–Crippen MR) is 196 cm³/mol. The van der Waals surface area contributed by atoms with Crippen molar-refractivity contribution in [2.45, 2.75) is 73.3 Å². The number of rotatable bonds is 20. The van der Waals surface area contributed by atoms with Gasteiger partial charge < -0.3 is 33.2 Å². The summed E-state index contributed by atoms with van der Waals surface area (Å²) in [5.74, 6) is -0.169. The van der Waals surface area contributed by atoms with Crippen molar-refractivity contribution in [1.82, 2.24) is 0 Å². The fraction of sp³-hybridized carbons (Fsp3) is 0.366. The Balaban J connectivity index is 1.65. The van der Waals surface area contributed by atoms with E-state index in [1.54, 1.807) is 38.1 Å². The Hall–Kier alpha value is -5.58. The first-order chi connectivity index (χ1) is 24.8. The molecule has 0 atom stereocenters. The third-order valence-corrected chi connectivity index (χ3v) is 7.59. The van der Waals surface area contributed by atoms with Gasteiger partial charge in [-0.2, -0.15) is 0 Å². The molecular formula is C41H48O11. The highest BCUT2D eigenvalue weighted by atomic mass is 16.6. The molecule has 0 radical (unpaired) electrons. The molecule has 52 heavy (non-hydrogen) atoms. The SMILES string of the molecule is C=CC(=O)OCCCCOc1cc(C)c(C(=O)Oc2ccc(OC(=O)c3cc(C)c(OCCCCOC(=O)C=C)cc3C)c(OC(C)C)c2)cc1C. The fourth-order valence-corrected chi connectivity index (χ4v) is 4.87. The first-order valence-electron chi connectivity index (χ1n) is 17.1. The van der Waals surface area contributed by atoms with E-state index in [2.05, 4.69) is 13.2 Å². The van der Waals surface area contributed by atoms with Gasteiger partial charge in [0, 0.05) is 18.2 Å². The molecule has 0 aliphatic rings. The largest absolute Gasteiger partial charge is 0.493 e. The Morgan fingerprint density at radius 3 is 1.50 bits per heavy atom. The van der Waals surface area contributed by atoms with Crippen LogP contribution in [0.5, 0.6) is 28.7 Å². The van der Waals surface area contributed by atoms with Gasteiger partial charge in [-0.25, -0.2) is 19.2 Å². The summed E-state index contributed by atoms with van der Waals surface area (Å²) < 4.78 is 39.2. The lowest BCUT2D eigenvalue weighted by Crippen LogP contribution is -2.14. The highest BCUT2D eigenvalue weighted by Gasteiger charge is 2.20. The first-order valence-corrected chi connectivity index (χ1v) is 17.1. The van der Waals surface area contributed by atoms with E-state index in [0.717, 1.165) is 23.3 Å². The van der Waals surface area contributed by atoms with Crippen molar-refractivity contribution in [3.8, 4) is 28.7 Å². The number of hydrogen-bond acceptors (Lipinski definition) is 11. The Bertz CT molecular complexity index is 1760. The summed E-state index contributed by atoms with van der Waals surface area (Å²) in [6, 6.07) is 11.6. The van der Waals surface area contributed by atoms with Crippen molar-refractivity contribution in [1.29, 1.82) is 0 Å². The van der Waals surface area contributed by atoms with Gasteiger partial charge in [0.1, 0.15) is 17.2 Å². The molecule has 0 aliphatic heterocycles. The Labute approximate surface area is 305 Å². The smallest absolute Gasteiger partial charge is 0.343 e. The second kappa shape index (κ2) is 20.3. The van der Waals surface area contributed by atoms with Crippen molar-refractivity contribution < 1.29 is 52.3 Å². The van der Waals surface area contributed by atoms with Crippen molar-refractivity contribution >= 4 is 23.9 Å². The molecule has 0 bridgehead atoms. The molecule has 278 valence electrons. The van der Waals surface area contributed by atoms with Gasteiger partial charge in [-0.15, -0.1) is 0 Å². The summed E-state index contributed by atoms with van der Waals surface area (Å²) >= 11 is 0. The number of carbonyl (C=O) groups is 4. The number of esters is 4. The quantitative estimate of drug-likeness (QED) is 0.0489. The summed E-state index contributed by atoms with van der Waals surface area (Å²) in [5.41, 5.74) is 3.58. The van der Waals surface area contributed by atoms with Gasteiger partial charge in [0.05, 0.1) is 43.7 Å². The zero-order valence-electron chi connectivity index (χ0n) is 30.8. The number of aryl methyl sites for hydroxylation is 4. The first kappa shape index (κ1) is 40.8. The van der Waals surface area contributed by atoms with Gasteiger partial charge in [-0.1, -0.05) is 13.2 Å². The molecule has 0 heterocycles. The second-order valence-corrected chi connectivity index (χ2v) is 12.3. The summed E-state index contributed by atoms with van der Waals surface area (Å²) in [5, 5.41) is 0. The molecule has 0 N–H and O–H groups in total. The molecule has 0 amide bonds. The van der Waals surface area contributed by atoms with Crippen LogP contribution < -0.4 is 23.7 Å². The number of carbonyl (C=O) groups excluding carboxylic acids is 4. The molecule has 3 aromatic carbocycles. The van der Waals surface area contributed by atoms with Crippen LogP contribution in [0.15, 0.2) is 67.8 Å². The van der Waals surface area contributed by atoms with Crippen molar-refractivity contribution in [3.05, 3.63) is 101 Å². The van der Waals surface area contributed by atoms with Gasteiger partial charge in [-0.3, -0.25) is 0 Å². The van der Waals surface area contributed by atoms with Crippen molar-refractivity contribution in [3.63, 3.8) is 0 Å². The minimum atomic E-state index is -0.584. The Kier molecular flexibility index (Phi) is 16.0. The zero-order valence-corrected chi connectivity index (χ0v) is 30.8. The Morgan fingerprint density at radius 1 is 0.577 bits per heavy atom. The monoisotopic (exact) mass is 716 g/mol. The lowest BCUT2D eigenvalue weighted by molar-refractivity contribution is -0.138. The van der Waals surface area contributed by atoms with Gasteiger partial charge in [-0.05, 0) is 126 Å². The van der Waals surface area contributed by atoms with Crippen molar-refractivity contribution in [2.24, 2.45) is 0 Å². The predicted octanol–water partition coefficient (Wildman–Crippen LogP) is 7.92. The average molecular weight is 717 g/mol. The van der Waals surface area contributed by atoms with Crippen LogP contribution in [-0.4, -0.2) is 56.4 Å². The molecular weight excluding hydrogens is 668 g/mol. The maximum absolute atomic E-state index is 13.4. The minimum absolute atomic E-state index is 0.167. The van der Waals surface area contributed by atoms with Crippen LogP contribution in [0, 0.1) is 27.7 Å². The van der Waals surface area contributed by atoms with E-state index < -0.39 is 23.9 Å². The number of benzene rings is 3. The van der Waals surface area contributed by atoms with E-state index in [0.29, 0.717) is 72.6 Å². The summed E-state index contributed by atoms with van der Waals surface area (Å²) in [6.45, 7) is 19.1. The van der Waals surface area contributed by atoms with E-state index in [-0.39, 0.29) is 36.6 Å². The maximum atomic E-state index is 13.4. The molecule has 0 saturated heterocycles. The molecule has 11 nitrogen and oxygen atoms in total.